The summed E-state index contributed by atoms with van der Waals surface area (Å²) in [4.78, 5) is 22.6. The van der Waals surface area contributed by atoms with Crippen molar-refractivity contribution in [1.29, 1.82) is 0 Å². The molecule has 0 N–H and O–H groups in total. The highest BCUT2D eigenvalue weighted by atomic mass is 19.4. The number of carbonyl (C=O) groups is 1. The molecule has 3 aromatic rings. The van der Waals surface area contributed by atoms with Crippen LogP contribution in [-0.2, 0) is 22.3 Å². The summed E-state index contributed by atoms with van der Waals surface area (Å²) < 4.78 is 49.1. The van der Waals surface area contributed by atoms with E-state index < -0.39 is 17.7 Å². The number of anilines is 1. The van der Waals surface area contributed by atoms with Gasteiger partial charge in [0.15, 0.2) is 6.61 Å². The van der Waals surface area contributed by atoms with Crippen LogP contribution in [0.25, 0.3) is 11.3 Å². The number of ether oxygens (including phenoxy) is 2. The van der Waals surface area contributed by atoms with E-state index >= 15 is 0 Å². The van der Waals surface area contributed by atoms with E-state index in [2.05, 4.69) is 9.97 Å². The third-order valence-electron chi connectivity index (χ3n) is 5.19. The minimum absolute atomic E-state index is 0.152. The lowest BCUT2D eigenvalue weighted by molar-refractivity contribution is -0.145. The smallest absolute Gasteiger partial charge is 0.416 e. The summed E-state index contributed by atoms with van der Waals surface area (Å²) in [5.74, 6) is 0.670. The summed E-state index contributed by atoms with van der Waals surface area (Å²) in [6, 6.07) is 12.3. The zero-order valence-corrected chi connectivity index (χ0v) is 19.9. The highest BCUT2D eigenvalue weighted by Crippen LogP contribution is 2.31. The number of hydrogen-bond acceptors (Lipinski definition) is 6. The quantitative estimate of drug-likeness (QED) is 0.335. The van der Waals surface area contributed by atoms with Crippen molar-refractivity contribution >= 4 is 11.9 Å². The molecule has 9 heteroatoms. The fourth-order valence-electron chi connectivity index (χ4n) is 3.54. The first-order valence-electron chi connectivity index (χ1n) is 11.3. The molecule has 0 unspecified atom stereocenters. The van der Waals surface area contributed by atoms with E-state index in [-0.39, 0.29) is 6.61 Å². The van der Waals surface area contributed by atoms with Gasteiger partial charge in [-0.1, -0.05) is 31.2 Å². The van der Waals surface area contributed by atoms with Gasteiger partial charge < -0.3 is 14.4 Å². The Morgan fingerprint density at radius 3 is 2.43 bits per heavy atom. The Labute approximate surface area is 202 Å². The van der Waals surface area contributed by atoms with E-state index in [9.17, 15) is 18.0 Å². The fraction of sp³-hybridized carbons (Fsp3) is 0.346. The largest absolute Gasteiger partial charge is 0.482 e. The minimum atomic E-state index is -4.38. The van der Waals surface area contributed by atoms with Gasteiger partial charge in [-0.15, -0.1) is 0 Å². The first-order valence-corrected chi connectivity index (χ1v) is 11.3. The maximum Gasteiger partial charge on any atom is 0.416 e. The molecule has 6 nitrogen and oxygen atoms in total. The third kappa shape index (κ3) is 7.18. The van der Waals surface area contributed by atoms with Crippen molar-refractivity contribution in [2.24, 2.45) is 0 Å². The first kappa shape index (κ1) is 26.0. The van der Waals surface area contributed by atoms with Crippen molar-refractivity contribution in [1.82, 2.24) is 9.97 Å². The zero-order chi connectivity index (χ0) is 25.4. The lowest BCUT2D eigenvalue weighted by Gasteiger charge is -2.23. The summed E-state index contributed by atoms with van der Waals surface area (Å²) in [6.07, 6.45) is -1.92. The van der Waals surface area contributed by atoms with Gasteiger partial charge in [0.2, 0.25) is 5.95 Å². The van der Waals surface area contributed by atoms with Crippen LogP contribution >= 0.6 is 0 Å². The van der Waals surface area contributed by atoms with Crippen molar-refractivity contribution in [2.75, 3.05) is 24.7 Å². The molecule has 0 atom stereocenters. The number of halogens is 3. The van der Waals surface area contributed by atoms with Gasteiger partial charge in [-0.05, 0) is 55.7 Å². The van der Waals surface area contributed by atoms with Gasteiger partial charge in [0.05, 0.1) is 17.9 Å². The molecule has 0 aliphatic carbocycles. The number of esters is 1. The molecule has 0 aliphatic heterocycles. The molecule has 0 aliphatic rings. The molecule has 0 amide bonds. The Morgan fingerprint density at radius 2 is 1.80 bits per heavy atom. The van der Waals surface area contributed by atoms with Crippen LogP contribution in [0.5, 0.6) is 5.75 Å². The van der Waals surface area contributed by atoms with Crippen LogP contribution in [-0.4, -0.2) is 35.7 Å². The Balaban J connectivity index is 1.76. The number of aryl methyl sites for hydroxylation is 1. The lowest BCUT2D eigenvalue weighted by Crippen LogP contribution is -2.25. The molecule has 0 saturated heterocycles. The van der Waals surface area contributed by atoms with Crippen molar-refractivity contribution < 1.29 is 27.4 Å². The first-order chi connectivity index (χ1) is 16.7. The molecule has 1 heterocycles. The van der Waals surface area contributed by atoms with E-state index in [1.807, 2.05) is 36.9 Å². The Kier molecular flexibility index (Phi) is 8.68. The van der Waals surface area contributed by atoms with Crippen LogP contribution in [0.15, 0.2) is 54.7 Å². The monoisotopic (exact) mass is 487 g/mol. The van der Waals surface area contributed by atoms with Gasteiger partial charge in [-0.25, -0.2) is 14.8 Å². The predicted octanol–water partition coefficient (Wildman–Crippen LogP) is 5.83. The normalized spacial score (nSPS) is 11.3. The molecule has 35 heavy (non-hydrogen) atoms. The molecule has 0 fully saturated rings. The Morgan fingerprint density at radius 1 is 1.06 bits per heavy atom. The lowest BCUT2D eigenvalue weighted by atomic mass is 10.1. The van der Waals surface area contributed by atoms with Crippen molar-refractivity contribution in [3.63, 3.8) is 0 Å². The standard InChI is InChI=1S/C26H28F3N3O3/c1-4-14-32(16-19-6-11-23(18(3)15-19)35-17-24(33)34-5-2)25-30-13-12-22(31-25)20-7-9-21(10-8-20)26(27,28)29/h6-13,15H,4-5,14,16-17H2,1-3H3. The third-order valence-corrected chi connectivity index (χ3v) is 5.19. The molecular weight excluding hydrogens is 459 g/mol. The SMILES string of the molecule is CCCN(Cc1ccc(OCC(=O)OCC)c(C)c1)c1nccc(-c2ccc(C(F)(F)F)cc2)n1. The summed E-state index contributed by atoms with van der Waals surface area (Å²) in [6.45, 7) is 7.05. The average Bonchev–Trinajstić information content (AvgIpc) is 2.83. The van der Waals surface area contributed by atoms with Crippen molar-refractivity contribution in [3.8, 4) is 17.0 Å². The van der Waals surface area contributed by atoms with Gasteiger partial charge in [-0.2, -0.15) is 13.2 Å². The highest BCUT2D eigenvalue weighted by Gasteiger charge is 2.30. The van der Waals surface area contributed by atoms with Crippen molar-refractivity contribution in [3.05, 3.63) is 71.4 Å². The summed E-state index contributed by atoms with van der Waals surface area (Å²) in [7, 11) is 0. The second-order valence-corrected chi connectivity index (χ2v) is 7.93. The fourth-order valence-corrected chi connectivity index (χ4v) is 3.54. The molecule has 0 spiro atoms. The molecule has 0 radical (unpaired) electrons. The number of nitrogens with zero attached hydrogens (tertiary/aromatic N) is 3. The van der Waals surface area contributed by atoms with E-state index in [0.717, 1.165) is 29.7 Å². The molecule has 0 bridgehead atoms. The minimum Gasteiger partial charge on any atom is -0.482 e. The second kappa shape index (κ2) is 11.7. The molecule has 186 valence electrons. The number of carbonyl (C=O) groups excluding carboxylic acids is 1. The number of alkyl halides is 3. The Hall–Kier alpha value is -3.62. The molecule has 2 aromatic carbocycles. The van der Waals surface area contributed by atoms with Crippen molar-refractivity contribution in [2.45, 2.75) is 39.9 Å². The highest BCUT2D eigenvalue weighted by molar-refractivity contribution is 5.71. The molecule has 0 saturated carbocycles. The molecular formula is C26H28F3N3O3. The van der Waals surface area contributed by atoms with Crippen LogP contribution < -0.4 is 9.64 Å². The number of benzene rings is 2. The molecule has 1 aromatic heterocycles. The van der Waals surface area contributed by atoms with Crippen LogP contribution in [0.3, 0.4) is 0 Å². The predicted molar refractivity (Wildman–Crippen MR) is 127 cm³/mol. The topological polar surface area (TPSA) is 64.5 Å². The van der Waals surface area contributed by atoms with Crippen LogP contribution in [0, 0.1) is 6.92 Å². The summed E-state index contributed by atoms with van der Waals surface area (Å²) in [5, 5.41) is 0. The summed E-state index contributed by atoms with van der Waals surface area (Å²) in [5.41, 5.74) is 2.31. The number of rotatable bonds is 10. The van der Waals surface area contributed by atoms with E-state index in [1.165, 1.54) is 12.1 Å². The van der Waals surface area contributed by atoms with Gasteiger partial charge in [0.1, 0.15) is 5.75 Å². The average molecular weight is 488 g/mol. The van der Waals surface area contributed by atoms with Crippen LogP contribution in [0.2, 0.25) is 0 Å². The number of aromatic nitrogens is 2. The van der Waals surface area contributed by atoms with Gasteiger partial charge in [0.25, 0.3) is 0 Å². The maximum absolute atomic E-state index is 12.9. The Bertz CT molecular complexity index is 1130. The maximum atomic E-state index is 12.9. The molecule has 3 rings (SSSR count). The van der Waals surface area contributed by atoms with Gasteiger partial charge in [0, 0.05) is 24.8 Å². The van der Waals surface area contributed by atoms with Crippen LogP contribution in [0.1, 0.15) is 37.0 Å². The number of hydrogen-bond donors (Lipinski definition) is 0. The van der Waals surface area contributed by atoms with E-state index in [1.54, 1.807) is 19.2 Å². The van der Waals surface area contributed by atoms with Gasteiger partial charge >= 0.3 is 12.1 Å². The second-order valence-electron chi connectivity index (χ2n) is 7.93. The van der Waals surface area contributed by atoms with E-state index in [0.29, 0.717) is 42.7 Å². The zero-order valence-electron chi connectivity index (χ0n) is 19.9. The van der Waals surface area contributed by atoms with E-state index in [4.69, 9.17) is 9.47 Å². The summed E-state index contributed by atoms with van der Waals surface area (Å²) >= 11 is 0. The van der Waals surface area contributed by atoms with Crippen LogP contribution in [0.4, 0.5) is 19.1 Å². The van der Waals surface area contributed by atoms with Gasteiger partial charge in [-0.3, -0.25) is 0 Å².